The van der Waals surface area contributed by atoms with Crippen LogP contribution >= 0.6 is 23.4 Å². The minimum absolute atomic E-state index is 0.0938. The monoisotopic (exact) mass is 394 g/mol. The van der Waals surface area contributed by atoms with E-state index >= 15 is 0 Å². The summed E-state index contributed by atoms with van der Waals surface area (Å²) in [6.07, 6.45) is 1.55. The van der Waals surface area contributed by atoms with Crippen LogP contribution in [0.3, 0.4) is 0 Å². The third kappa shape index (κ3) is 4.06. The van der Waals surface area contributed by atoms with Gasteiger partial charge in [0.1, 0.15) is 23.8 Å². The summed E-state index contributed by atoms with van der Waals surface area (Å²) in [6.45, 7) is 0.180. The number of methoxy groups -OCH3 is 1. The van der Waals surface area contributed by atoms with Gasteiger partial charge in [0.05, 0.1) is 12.8 Å². The first-order valence-electron chi connectivity index (χ1n) is 8.08. The van der Waals surface area contributed by atoms with Crippen LogP contribution in [0, 0.1) is 0 Å². The molecule has 1 fully saturated rings. The van der Waals surface area contributed by atoms with Crippen molar-refractivity contribution >= 4 is 35.2 Å². The molecule has 2 aromatic rings. The van der Waals surface area contributed by atoms with Gasteiger partial charge in [-0.15, -0.1) is 11.8 Å². The second-order valence-corrected chi connectivity index (χ2v) is 7.27. The second-order valence-electron chi connectivity index (χ2n) is 5.75. The van der Waals surface area contributed by atoms with Crippen LogP contribution in [0.4, 0.5) is 0 Å². The van der Waals surface area contributed by atoms with Crippen molar-refractivity contribution in [3.8, 4) is 0 Å². The highest BCUT2D eigenvalue weighted by Crippen LogP contribution is 2.43. The third-order valence-electron chi connectivity index (χ3n) is 4.05. The van der Waals surface area contributed by atoms with Gasteiger partial charge in [-0.2, -0.15) is 0 Å². The van der Waals surface area contributed by atoms with E-state index in [1.165, 1.54) is 18.9 Å². The maximum Gasteiger partial charge on any atom is 0.250 e. The molecular formula is C18H19ClN2O4S. The van der Waals surface area contributed by atoms with Crippen molar-refractivity contribution in [1.29, 1.82) is 0 Å². The molecule has 2 amide bonds. The zero-order chi connectivity index (χ0) is 18.5. The number of hydrogen-bond acceptors (Lipinski definition) is 5. The Morgan fingerprint density at radius 3 is 2.85 bits per heavy atom. The Balaban J connectivity index is 1.79. The zero-order valence-corrected chi connectivity index (χ0v) is 15.8. The van der Waals surface area contributed by atoms with Crippen molar-refractivity contribution in [3.05, 3.63) is 59.0 Å². The molecule has 1 N–H and O–H groups in total. The number of ether oxygens (including phenoxy) is 1. The Bertz CT molecular complexity index is 768. The van der Waals surface area contributed by atoms with Crippen LogP contribution in [0.1, 0.15) is 16.7 Å². The van der Waals surface area contributed by atoms with Crippen LogP contribution in [-0.4, -0.2) is 42.2 Å². The first-order chi connectivity index (χ1) is 12.6. The molecule has 6 nitrogen and oxygen atoms in total. The van der Waals surface area contributed by atoms with Crippen molar-refractivity contribution in [1.82, 2.24) is 10.2 Å². The number of benzene rings is 1. The third-order valence-corrected chi connectivity index (χ3v) is 5.70. The summed E-state index contributed by atoms with van der Waals surface area (Å²) >= 11 is 7.82. The second kappa shape index (κ2) is 8.62. The van der Waals surface area contributed by atoms with Crippen LogP contribution in [0.2, 0.25) is 5.02 Å². The van der Waals surface area contributed by atoms with Gasteiger partial charge >= 0.3 is 0 Å². The van der Waals surface area contributed by atoms with E-state index < -0.39 is 6.04 Å². The number of amides is 2. The summed E-state index contributed by atoms with van der Waals surface area (Å²) < 4.78 is 10.2. The number of halogens is 1. The molecule has 1 aliphatic rings. The number of hydrogen-bond donors (Lipinski definition) is 1. The van der Waals surface area contributed by atoms with Crippen molar-refractivity contribution in [3.63, 3.8) is 0 Å². The normalized spacial score (nSPS) is 19.5. The van der Waals surface area contributed by atoms with Crippen LogP contribution < -0.4 is 5.32 Å². The van der Waals surface area contributed by atoms with E-state index in [2.05, 4.69) is 5.32 Å². The molecule has 3 rings (SSSR count). The molecule has 1 aromatic heterocycles. The minimum atomic E-state index is -0.598. The lowest BCUT2D eigenvalue weighted by molar-refractivity contribution is -0.142. The van der Waals surface area contributed by atoms with Crippen LogP contribution in [0.15, 0.2) is 47.1 Å². The molecule has 0 radical (unpaired) electrons. The van der Waals surface area contributed by atoms with E-state index in [1.807, 2.05) is 18.2 Å². The van der Waals surface area contributed by atoms with E-state index in [-0.39, 0.29) is 30.3 Å². The average molecular weight is 395 g/mol. The molecule has 0 saturated carbocycles. The highest BCUT2D eigenvalue weighted by atomic mass is 35.5. The lowest BCUT2D eigenvalue weighted by Crippen LogP contribution is -2.48. The molecule has 2 atom stereocenters. The van der Waals surface area contributed by atoms with Gasteiger partial charge < -0.3 is 19.4 Å². The fourth-order valence-electron chi connectivity index (χ4n) is 2.83. The van der Waals surface area contributed by atoms with Gasteiger partial charge in [0.25, 0.3) is 0 Å². The van der Waals surface area contributed by atoms with E-state index in [9.17, 15) is 9.59 Å². The highest BCUT2D eigenvalue weighted by Gasteiger charge is 2.42. The molecule has 138 valence electrons. The first kappa shape index (κ1) is 18.8. The first-order valence-corrected chi connectivity index (χ1v) is 9.50. The summed E-state index contributed by atoms with van der Waals surface area (Å²) in [4.78, 5) is 26.9. The van der Waals surface area contributed by atoms with Gasteiger partial charge in [-0.25, -0.2) is 0 Å². The van der Waals surface area contributed by atoms with Crippen molar-refractivity contribution in [2.45, 2.75) is 18.0 Å². The summed E-state index contributed by atoms with van der Waals surface area (Å²) in [7, 11) is 1.46. The van der Waals surface area contributed by atoms with Gasteiger partial charge in [0, 0.05) is 23.4 Å². The molecular weight excluding hydrogens is 376 g/mol. The number of carbonyl (C=O) groups is 2. The number of thioether (sulfide) groups is 1. The van der Waals surface area contributed by atoms with Gasteiger partial charge in [-0.1, -0.05) is 29.8 Å². The van der Waals surface area contributed by atoms with Gasteiger partial charge in [0.15, 0.2) is 0 Å². The van der Waals surface area contributed by atoms with Crippen LogP contribution in [-0.2, 0) is 20.9 Å². The fourth-order valence-corrected chi connectivity index (χ4v) is 4.62. The molecule has 0 aliphatic carbocycles. The molecule has 2 heterocycles. The summed E-state index contributed by atoms with van der Waals surface area (Å²) in [5.74, 6) is 0.657. The molecule has 2 unspecified atom stereocenters. The Morgan fingerprint density at radius 1 is 1.35 bits per heavy atom. The van der Waals surface area contributed by atoms with Crippen LogP contribution in [0.25, 0.3) is 0 Å². The molecule has 1 saturated heterocycles. The lowest BCUT2D eigenvalue weighted by Gasteiger charge is -2.29. The molecule has 1 aromatic carbocycles. The minimum Gasteiger partial charge on any atom is -0.467 e. The summed E-state index contributed by atoms with van der Waals surface area (Å²) in [5.41, 5.74) is 0.810. The number of nitrogens with zero attached hydrogens (tertiary/aromatic N) is 1. The molecule has 26 heavy (non-hydrogen) atoms. The molecule has 0 spiro atoms. The quantitative estimate of drug-likeness (QED) is 0.815. The molecule has 8 heteroatoms. The summed E-state index contributed by atoms with van der Waals surface area (Å²) in [6, 6.07) is 10.3. The fraction of sp³-hybridized carbons (Fsp3) is 0.333. The van der Waals surface area contributed by atoms with Crippen molar-refractivity contribution < 1.29 is 18.7 Å². The van der Waals surface area contributed by atoms with E-state index in [1.54, 1.807) is 29.4 Å². The van der Waals surface area contributed by atoms with E-state index in [0.29, 0.717) is 16.5 Å². The Morgan fingerprint density at radius 2 is 2.15 bits per heavy atom. The van der Waals surface area contributed by atoms with Gasteiger partial charge in [0.2, 0.25) is 11.8 Å². The predicted molar refractivity (Wildman–Crippen MR) is 99.7 cm³/mol. The maximum atomic E-state index is 12.7. The van der Waals surface area contributed by atoms with Crippen LogP contribution in [0.5, 0.6) is 0 Å². The average Bonchev–Trinajstić information content (AvgIpc) is 3.30. The number of nitrogens with one attached hydrogen (secondary N) is 1. The lowest BCUT2D eigenvalue weighted by atomic mass is 10.1. The van der Waals surface area contributed by atoms with Gasteiger partial charge in [-0.05, 0) is 18.2 Å². The molecule has 1 aliphatic heterocycles. The van der Waals surface area contributed by atoms with Crippen molar-refractivity contribution in [2.24, 2.45) is 0 Å². The Hall–Kier alpha value is -1.96. The molecule has 0 bridgehead atoms. The van der Waals surface area contributed by atoms with Gasteiger partial charge in [-0.3, -0.25) is 9.59 Å². The Labute approximate surface area is 160 Å². The number of rotatable bonds is 6. The van der Waals surface area contributed by atoms with E-state index in [0.717, 1.165) is 5.56 Å². The standard InChI is InChI=1S/C18H19ClN2O4S/c1-24-10-16(22)21-15(17(23)20-9-12-5-4-8-25-12)11-26-18(21)13-6-2-3-7-14(13)19/h2-8,15,18H,9-11H2,1H3,(H,20,23). The number of carbonyl (C=O) groups excluding carboxylic acids is 2. The highest BCUT2D eigenvalue weighted by molar-refractivity contribution is 7.99. The zero-order valence-electron chi connectivity index (χ0n) is 14.2. The smallest absolute Gasteiger partial charge is 0.250 e. The summed E-state index contributed by atoms with van der Waals surface area (Å²) in [5, 5.41) is 3.07. The topological polar surface area (TPSA) is 71.8 Å². The maximum absolute atomic E-state index is 12.7. The SMILES string of the molecule is COCC(=O)N1C(C(=O)NCc2ccco2)CSC1c1ccccc1Cl. The van der Waals surface area contributed by atoms with E-state index in [4.69, 9.17) is 20.8 Å². The number of furan rings is 1. The predicted octanol–water partition coefficient (Wildman–Crippen LogP) is 2.84. The Kier molecular flexibility index (Phi) is 6.24. The largest absolute Gasteiger partial charge is 0.467 e. The van der Waals surface area contributed by atoms with Crippen molar-refractivity contribution in [2.75, 3.05) is 19.5 Å².